The van der Waals surface area contributed by atoms with E-state index in [1.54, 1.807) is 4.99 Å². The Labute approximate surface area is 63.5 Å². The van der Waals surface area contributed by atoms with Crippen LogP contribution in [0.2, 0.25) is 0 Å². The number of rotatable bonds is 1. The summed E-state index contributed by atoms with van der Waals surface area (Å²) >= 11 is 3.13. The molecule has 0 aliphatic carbocycles. The number of ether oxygens (including phenoxy) is 1. The highest BCUT2D eigenvalue weighted by Crippen LogP contribution is 2.11. The minimum absolute atomic E-state index is 0.318. The molecule has 0 bridgehead atoms. The Morgan fingerprint density at radius 2 is 2.56 bits per heavy atom. The second kappa shape index (κ2) is 3.89. The van der Waals surface area contributed by atoms with E-state index in [2.05, 4.69) is 21.7 Å². The third-order valence-electron chi connectivity index (χ3n) is 1.31. The van der Waals surface area contributed by atoms with Gasteiger partial charge in [-0.3, -0.25) is 0 Å². The van der Waals surface area contributed by atoms with Crippen LogP contribution in [0.4, 0.5) is 0 Å². The van der Waals surface area contributed by atoms with Crippen LogP contribution in [0.5, 0.6) is 0 Å². The van der Waals surface area contributed by atoms with Gasteiger partial charge in [0, 0.05) is 11.6 Å². The molecule has 1 fully saturated rings. The molecule has 1 nitrogen and oxygen atoms in total. The predicted octanol–water partition coefficient (Wildman–Crippen LogP) is 2.23. The van der Waals surface area contributed by atoms with Gasteiger partial charge in [-0.2, -0.15) is 0 Å². The van der Waals surface area contributed by atoms with Crippen molar-refractivity contribution in [2.75, 3.05) is 6.61 Å². The lowest BCUT2D eigenvalue weighted by Crippen LogP contribution is -1.97. The van der Waals surface area contributed by atoms with Gasteiger partial charge in [0.05, 0.1) is 6.10 Å². The lowest BCUT2D eigenvalue weighted by atomic mass is 10.2. The summed E-state index contributed by atoms with van der Waals surface area (Å²) in [5.41, 5.74) is 2.93. The quantitative estimate of drug-likeness (QED) is 0.574. The highest BCUT2D eigenvalue weighted by atomic mass is 79.9. The number of halogens is 1. The number of hydrogen-bond acceptors (Lipinski definition) is 1. The molecule has 2 heteroatoms. The third-order valence-corrected chi connectivity index (χ3v) is 1.57. The molecule has 0 saturated carbocycles. The van der Waals surface area contributed by atoms with Crippen molar-refractivity contribution in [3.8, 4) is 0 Å². The van der Waals surface area contributed by atoms with Gasteiger partial charge in [0.1, 0.15) is 0 Å². The Bertz CT molecular complexity index is 130. The summed E-state index contributed by atoms with van der Waals surface area (Å²) in [5, 5.41) is 0. The van der Waals surface area contributed by atoms with Crippen LogP contribution in [0.15, 0.2) is 16.8 Å². The van der Waals surface area contributed by atoms with Crippen LogP contribution in [0, 0.1) is 0 Å². The maximum absolute atomic E-state index is 5.30. The summed E-state index contributed by atoms with van der Waals surface area (Å²) in [4.78, 5) is 1.72. The zero-order valence-corrected chi connectivity index (χ0v) is 6.73. The lowest BCUT2D eigenvalue weighted by Gasteiger charge is -1.96. The molecule has 1 heterocycles. The minimum atomic E-state index is 0.318. The van der Waals surface area contributed by atoms with Crippen molar-refractivity contribution >= 4 is 15.9 Å². The van der Waals surface area contributed by atoms with E-state index in [1.807, 2.05) is 6.08 Å². The van der Waals surface area contributed by atoms with Gasteiger partial charge in [0.15, 0.2) is 0 Å². The monoisotopic (exact) mass is 188 g/mol. The van der Waals surface area contributed by atoms with Gasteiger partial charge in [0.2, 0.25) is 0 Å². The smallest absolute Gasteiger partial charge is 0.0830 e. The summed E-state index contributed by atoms with van der Waals surface area (Å²) in [5.74, 6) is 0. The van der Waals surface area contributed by atoms with E-state index in [1.165, 1.54) is 6.42 Å². The van der Waals surface area contributed by atoms with Crippen molar-refractivity contribution in [2.45, 2.75) is 18.9 Å². The molecule has 1 saturated heterocycles. The summed E-state index contributed by atoms with van der Waals surface area (Å²) in [7, 11) is 0. The van der Waals surface area contributed by atoms with Gasteiger partial charge in [-0.05, 0) is 18.9 Å². The molecular weight excluding hydrogens is 180 g/mol. The maximum atomic E-state index is 5.30. The van der Waals surface area contributed by atoms with Gasteiger partial charge in [-0.1, -0.05) is 15.9 Å². The normalized spacial score (nSPS) is 25.2. The molecule has 0 spiro atoms. The molecule has 0 radical (unpaired) electrons. The first-order chi connectivity index (χ1) is 4.43. The standard InChI is InChI=1S/C7H9BrO/c8-5-1-3-7-4-2-6-9-7/h3,5,7H,2,4,6H2. The van der Waals surface area contributed by atoms with Crippen LogP contribution in [0.1, 0.15) is 12.8 Å². The SMILES string of the molecule is BrC=C=CC1CCCO1. The summed E-state index contributed by atoms with van der Waals surface area (Å²) in [6.45, 7) is 0.908. The first-order valence-electron chi connectivity index (χ1n) is 3.06. The first-order valence-corrected chi connectivity index (χ1v) is 3.98. The van der Waals surface area contributed by atoms with E-state index in [0.29, 0.717) is 6.10 Å². The molecule has 1 atom stereocenters. The van der Waals surface area contributed by atoms with Crippen LogP contribution in [0.3, 0.4) is 0 Å². The van der Waals surface area contributed by atoms with E-state index in [0.717, 1.165) is 13.0 Å². The molecule has 50 valence electrons. The van der Waals surface area contributed by atoms with Crippen molar-refractivity contribution in [3.05, 3.63) is 16.8 Å². The van der Waals surface area contributed by atoms with Crippen LogP contribution in [-0.4, -0.2) is 12.7 Å². The van der Waals surface area contributed by atoms with E-state index in [4.69, 9.17) is 4.74 Å². The van der Waals surface area contributed by atoms with Gasteiger partial charge >= 0.3 is 0 Å². The Morgan fingerprint density at radius 3 is 3.11 bits per heavy atom. The second-order valence-corrected chi connectivity index (χ2v) is 2.45. The fourth-order valence-corrected chi connectivity index (χ4v) is 1.03. The van der Waals surface area contributed by atoms with E-state index in [9.17, 15) is 0 Å². The fraction of sp³-hybridized carbons (Fsp3) is 0.571. The summed E-state index contributed by atoms with van der Waals surface area (Å²) in [6.07, 6.45) is 4.60. The van der Waals surface area contributed by atoms with Crippen molar-refractivity contribution < 1.29 is 4.74 Å². The van der Waals surface area contributed by atoms with Gasteiger partial charge in [0.25, 0.3) is 0 Å². The molecule has 0 aromatic heterocycles. The Hall–Kier alpha value is -0.0400. The van der Waals surface area contributed by atoms with Gasteiger partial charge < -0.3 is 4.74 Å². The van der Waals surface area contributed by atoms with Crippen molar-refractivity contribution in [3.63, 3.8) is 0 Å². The molecule has 1 aliphatic heterocycles. The topological polar surface area (TPSA) is 9.23 Å². The second-order valence-electron chi connectivity index (χ2n) is 1.99. The molecule has 1 unspecified atom stereocenters. The predicted molar refractivity (Wildman–Crippen MR) is 40.6 cm³/mol. The molecular formula is C7H9BrO. The minimum Gasteiger partial charge on any atom is -0.374 e. The largest absolute Gasteiger partial charge is 0.374 e. The van der Waals surface area contributed by atoms with E-state index < -0.39 is 0 Å². The van der Waals surface area contributed by atoms with Crippen LogP contribution in [-0.2, 0) is 4.74 Å². The summed E-state index contributed by atoms with van der Waals surface area (Å²) in [6, 6.07) is 0. The van der Waals surface area contributed by atoms with Crippen molar-refractivity contribution in [1.82, 2.24) is 0 Å². The molecule has 0 amide bonds. The van der Waals surface area contributed by atoms with Gasteiger partial charge in [-0.15, -0.1) is 5.73 Å². The summed E-state index contributed by atoms with van der Waals surface area (Å²) < 4.78 is 5.30. The van der Waals surface area contributed by atoms with Crippen LogP contribution >= 0.6 is 15.9 Å². The zero-order valence-electron chi connectivity index (χ0n) is 5.14. The zero-order chi connectivity index (χ0) is 6.53. The maximum Gasteiger partial charge on any atom is 0.0830 e. The Balaban J connectivity index is 2.34. The van der Waals surface area contributed by atoms with Crippen molar-refractivity contribution in [1.29, 1.82) is 0 Å². The first kappa shape index (κ1) is 7.07. The average molecular weight is 189 g/mol. The molecule has 9 heavy (non-hydrogen) atoms. The molecule has 0 aromatic carbocycles. The Kier molecular flexibility index (Phi) is 3.05. The average Bonchev–Trinajstić information content (AvgIpc) is 2.34. The highest BCUT2D eigenvalue weighted by molar-refractivity contribution is 9.11. The van der Waals surface area contributed by atoms with E-state index in [-0.39, 0.29) is 0 Å². The molecule has 1 rings (SSSR count). The van der Waals surface area contributed by atoms with Crippen LogP contribution in [0.25, 0.3) is 0 Å². The third kappa shape index (κ3) is 2.35. The Morgan fingerprint density at radius 1 is 1.67 bits per heavy atom. The fourth-order valence-electron chi connectivity index (χ4n) is 0.878. The van der Waals surface area contributed by atoms with E-state index >= 15 is 0 Å². The molecule has 1 aliphatic rings. The lowest BCUT2D eigenvalue weighted by molar-refractivity contribution is 0.146. The highest BCUT2D eigenvalue weighted by Gasteiger charge is 2.10. The van der Waals surface area contributed by atoms with Crippen molar-refractivity contribution in [2.24, 2.45) is 0 Å². The number of hydrogen-bond donors (Lipinski definition) is 0. The van der Waals surface area contributed by atoms with Gasteiger partial charge in [-0.25, -0.2) is 0 Å². The molecule has 0 aromatic rings. The van der Waals surface area contributed by atoms with Crippen LogP contribution < -0.4 is 0 Å². The molecule has 0 N–H and O–H groups in total.